The van der Waals surface area contributed by atoms with Crippen molar-refractivity contribution in [1.82, 2.24) is 4.31 Å². The Balaban J connectivity index is 6.32. The summed E-state index contributed by atoms with van der Waals surface area (Å²) >= 11 is 0. The molecule has 0 unspecified atom stereocenters. The van der Waals surface area contributed by atoms with Crippen molar-refractivity contribution in [2.24, 2.45) is 0 Å². The summed E-state index contributed by atoms with van der Waals surface area (Å²) in [6.07, 6.45) is -9.55. The molecule has 208 valence electrons. The summed E-state index contributed by atoms with van der Waals surface area (Å²) in [6.45, 7) is -3.94. The van der Waals surface area contributed by atoms with Gasteiger partial charge in [-0.05, 0) is 0 Å². The molecule has 0 rings (SSSR count). The van der Waals surface area contributed by atoms with Crippen LogP contribution in [0, 0.1) is 0 Å². The SMILES string of the molecule is C[N+](C)(CCCN(CCC(=O)O)S(=O)(=O)C(F)(F)C(F)(F)C(F)(F)C(F)(F)C(F)(F)F)CC(=O)O. The van der Waals surface area contributed by atoms with E-state index in [0.29, 0.717) is 0 Å². The molecule has 0 heterocycles. The molecule has 35 heavy (non-hydrogen) atoms. The Morgan fingerprint density at radius 2 is 1.23 bits per heavy atom. The number of hydrogen-bond acceptors (Lipinski definition) is 4. The van der Waals surface area contributed by atoms with Crippen LogP contribution in [0.15, 0.2) is 0 Å². The predicted octanol–water partition coefficient (Wildman–Crippen LogP) is 2.71. The fourth-order valence-corrected chi connectivity index (χ4v) is 4.05. The molecule has 8 nitrogen and oxygen atoms in total. The fraction of sp³-hybridized carbons (Fsp3) is 0.867. The average molecular weight is 565 g/mol. The number of carboxylic acids is 2. The maximum Gasteiger partial charge on any atom is 0.460 e. The van der Waals surface area contributed by atoms with Gasteiger partial charge in [-0.15, -0.1) is 0 Å². The van der Waals surface area contributed by atoms with Crippen LogP contribution in [0.2, 0.25) is 0 Å². The van der Waals surface area contributed by atoms with Gasteiger partial charge in [-0.2, -0.15) is 52.6 Å². The molecule has 0 aliphatic carbocycles. The van der Waals surface area contributed by atoms with Crippen molar-refractivity contribution < 1.29 is 81.0 Å². The summed E-state index contributed by atoms with van der Waals surface area (Å²) in [7, 11) is -4.74. The van der Waals surface area contributed by atoms with Gasteiger partial charge in [0.25, 0.3) is 10.0 Å². The molecule has 0 aromatic heterocycles. The number of halogens is 11. The Morgan fingerprint density at radius 3 is 1.60 bits per heavy atom. The number of likely N-dealkylation sites (N-methyl/N-ethyl adjacent to an activating group) is 1. The molecule has 0 saturated carbocycles. The molecular weight excluding hydrogens is 545 g/mol. The van der Waals surface area contributed by atoms with Gasteiger partial charge in [-0.25, -0.2) is 13.2 Å². The maximum atomic E-state index is 14.2. The largest absolute Gasteiger partial charge is 0.481 e. The lowest BCUT2D eigenvalue weighted by molar-refractivity contribution is -0.883. The summed E-state index contributed by atoms with van der Waals surface area (Å²) in [5.74, 6) is -26.9. The molecule has 0 saturated heterocycles. The lowest BCUT2D eigenvalue weighted by Crippen LogP contribution is -2.69. The Morgan fingerprint density at radius 1 is 0.771 bits per heavy atom. The van der Waals surface area contributed by atoms with Crippen molar-refractivity contribution >= 4 is 22.0 Å². The second-order valence-electron chi connectivity index (χ2n) is 7.85. The van der Waals surface area contributed by atoms with E-state index in [1.54, 1.807) is 0 Å². The fourth-order valence-electron chi connectivity index (χ4n) is 2.57. The highest BCUT2D eigenvalue weighted by atomic mass is 32.2. The lowest BCUT2D eigenvalue weighted by Gasteiger charge is -2.38. The Labute approximate surface area is 190 Å². The number of carboxylic acid groups (broad SMARTS) is 2. The minimum Gasteiger partial charge on any atom is -0.481 e. The highest BCUT2D eigenvalue weighted by Gasteiger charge is 2.89. The first-order valence-corrected chi connectivity index (χ1v) is 10.5. The molecule has 0 atom stereocenters. The minimum absolute atomic E-state index is 0.393. The Hall–Kier alpha value is -1.96. The Bertz CT molecular complexity index is 890. The van der Waals surface area contributed by atoms with Gasteiger partial charge in [0.1, 0.15) is 0 Å². The first-order valence-electron chi connectivity index (χ1n) is 9.02. The van der Waals surface area contributed by atoms with Crippen LogP contribution in [0.4, 0.5) is 48.3 Å². The lowest BCUT2D eigenvalue weighted by atomic mass is 10.0. The first kappa shape index (κ1) is 33.0. The van der Waals surface area contributed by atoms with Crippen LogP contribution in [0.5, 0.6) is 0 Å². The van der Waals surface area contributed by atoms with Crippen LogP contribution in [-0.4, -0.2) is 109 Å². The monoisotopic (exact) mass is 565 g/mol. The third kappa shape index (κ3) is 6.63. The molecule has 0 fully saturated rings. The van der Waals surface area contributed by atoms with Gasteiger partial charge in [0.05, 0.1) is 27.1 Å². The van der Waals surface area contributed by atoms with Crippen LogP contribution in [0.25, 0.3) is 0 Å². The smallest absolute Gasteiger partial charge is 0.460 e. The zero-order chi connectivity index (χ0) is 28.5. The summed E-state index contributed by atoms with van der Waals surface area (Å²) in [5.41, 5.74) is 0. The van der Waals surface area contributed by atoms with E-state index < -0.39 is 99.0 Å². The molecule has 0 aromatic rings. The molecule has 0 aliphatic rings. The van der Waals surface area contributed by atoms with Crippen LogP contribution in [-0.2, 0) is 19.6 Å². The molecule has 20 heteroatoms. The molecule has 0 amide bonds. The van der Waals surface area contributed by atoms with Crippen molar-refractivity contribution in [3.8, 4) is 0 Å². The normalized spacial score (nSPS) is 14.9. The van der Waals surface area contributed by atoms with E-state index >= 15 is 0 Å². The van der Waals surface area contributed by atoms with Gasteiger partial charge in [0.15, 0.2) is 6.54 Å². The van der Waals surface area contributed by atoms with Gasteiger partial charge >= 0.3 is 41.1 Å². The van der Waals surface area contributed by atoms with E-state index in [1.165, 1.54) is 14.1 Å². The van der Waals surface area contributed by atoms with Crippen LogP contribution in [0.1, 0.15) is 12.8 Å². The topological polar surface area (TPSA) is 112 Å². The quantitative estimate of drug-likeness (QED) is 0.248. The van der Waals surface area contributed by atoms with Crippen molar-refractivity contribution in [3.63, 3.8) is 0 Å². The molecule has 0 radical (unpaired) electrons. The number of rotatable bonds is 14. The second-order valence-corrected chi connectivity index (χ2v) is 9.83. The van der Waals surface area contributed by atoms with E-state index in [9.17, 15) is 66.3 Å². The van der Waals surface area contributed by atoms with E-state index in [2.05, 4.69) is 0 Å². The molecule has 0 spiro atoms. The van der Waals surface area contributed by atoms with E-state index in [1.807, 2.05) is 0 Å². The standard InChI is InChI=1S/C15H19F11N2O6S/c1-28(2,8-10(31)32)7-3-5-27(6-4-9(29)30)35(33,34)15(25,26)13(20,21)11(16,17)12(18,19)14(22,23)24/h3-8H2,1-2H3,(H-,29,30,31,32)/p+1. The van der Waals surface area contributed by atoms with E-state index in [4.69, 9.17) is 10.2 Å². The summed E-state index contributed by atoms with van der Waals surface area (Å²) in [5, 5.41) is 10.1. The Kier molecular flexibility index (Phi) is 9.62. The van der Waals surface area contributed by atoms with Crippen LogP contribution in [0.3, 0.4) is 0 Å². The number of carbonyl (C=O) groups is 2. The van der Waals surface area contributed by atoms with Crippen molar-refractivity contribution in [2.45, 2.75) is 42.0 Å². The second kappa shape index (κ2) is 10.2. The highest BCUT2D eigenvalue weighted by Crippen LogP contribution is 2.58. The van der Waals surface area contributed by atoms with Crippen molar-refractivity contribution in [2.75, 3.05) is 40.3 Å². The van der Waals surface area contributed by atoms with Crippen molar-refractivity contribution in [3.05, 3.63) is 0 Å². The van der Waals surface area contributed by atoms with Gasteiger partial charge in [-0.3, -0.25) is 4.79 Å². The molecular formula is C15H20F11N2O6S+. The third-order valence-electron chi connectivity index (χ3n) is 4.48. The van der Waals surface area contributed by atoms with Crippen LogP contribution >= 0.6 is 0 Å². The molecule has 0 bridgehead atoms. The third-order valence-corrected chi connectivity index (χ3v) is 6.43. The molecule has 0 aromatic carbocycles. The zero-order valence-corrected chi connectivity index (χ0v) is 18.5. The van der Waals surface area contributed by atoms with E-state index in [-0.39, 0.29) is 0 Å². The van der Waals surface area contributed by atoms with Gasteiger partial charge in [0, 0.05) is 19.5 Å². The number of aliphatic carboxylic acids is 2. The molecule has 2 N–H and O–H groups in total. The summed E-state index contributed by atoms with van der Waals surface area (Å²) < 4.78 is 169. The number of quaternary nitrogens is 1. The first-order chi connectivity index (χ1) is 15.2. The van der Waals surface area contributed by atoms with Crippen molar-refractivity contribution in [1.29, 1.82) is 0 Å². The predicted molar refractivity (Wildman–Crippen MR) is 92.7 cm³/mol. The number of alkyl halides is 11. The average Bonchev–Trinajstić information content (AvgIpc) is 2.61. The van der Waals surface area contributed by atoms with Crippen LogP contribution < -0.4 is 0 Å². The summed E-state index contributed by atoms with van der Waals surface area (Å²) in [4.78, 5) is 21.4. The number of hydrogen-bond donors (Lipinski definition) is 2. The summed E-state index contributed by atoms with van der Waals surface area (Å²) in [6, 6.07) is 0. The number of sulfonamides is 1. The van der Waals surface area contributed by atoms with Gasteiger partial charge in [-0.1, -0.05) is 0 Å². The zero-order valence-electron chi connectivity index (χ0n) is 17.7. The van der Waals surface area contributed by atoms with E-state index in [0.717, 1.165) is 0 Å². The minimum atomic E-state index is -7.96. The number of nitrogens with zero attached hydrogens (tertiary/aromatic N) is 2. The highest BCUT2D eigenvalue weighted by molar-refractivity contribution is 7.90. The van der Waals surface area contributed by atoms with Gasteiger partial charge in [0.2, 0.25) is 0 Å². The molecule has 0 aliphatic heterocycles. The van der Waals surface area contributed by atoms with Gasteiger partial charge < -0.3 is 14.7 Å². The maximum absolute atomic E-state index is 14.2.